The maximum absolute atomic E-state index is 14.7. The summed E-state index contributed by atoms with van der Waals surface area (Å²) < 4.78 is 11.3. The molecule has 12 nitrogen and oxygen atoms in total. The van der Waals surface area contributed by atoms with Gasteiger partial charge >= 0.3 is 11.9 Å². The van der Waals surface area contributed by atoms with Gasteiger partial charge in [-0.2, -0.15) is 0 Å². The van der Waals surface area contributed by atoms with Crippen molar-refractivity contribution in [2.45, 2.75) is 117 Å². The van der Waals surface area contributed by atoms with Crippen molar-refractivity contribution in [1.82, 2.24) is 20.1 Å². The van der Waals surface area contributed by atoms with Crippen molar-refractivity contribution < 1.29 is 38.6 Å². The molecule has 1 aromatic heterocycles. The maximum Gasteiger partial charge on any atom is 0.306 e. The molecule has 0 spiro atoms. The number of hydrogen-bond acceptors (Lipinski definition) is 10. The number of carbonyl (C=O) groups excluding carboxylic acids is 4. The van der Waals surface area contributed by atoms with Crippen LogP contribution in [0.3, 0.4) is 0 Å². The van der Waals surface area contributed by atoms with E-state index in [0.29, 0.717) is 18.0 Å². The Bertz CT molecular complexity index is 1520. The number of esters is 1. The number of thiazole rings is 1. The summed E-state index contributed by atoms with van der Waals surface area (Å²) in [6.45, 7) is 12.4. The number of rotatable bonds is 22. The lowest BCUT2D eigenvalue weighted by Crippen LogP contribution is -2.50. The first-order chi connectivity index (χ1) is 25.7. The largest absolute Gasteiger partial charge is 0.481 e. The monoisotopic (exact) mass is 770 g/mol. The minimum absolute atomic E-state index is 0.0401. The number of aromatic nitrogens is 1. The molecule has 3 rings (SSSR count). The Kier molecular flexibility index (Phi) is 18.2. The SMILES string of the molecule is CCC(C)C(CC(=O)C1CCCCN1C)C(=O)N(CCOC)[C@H](C[C@@H](OC(C)=O)c1nc(C(=O)N[C@@H](Cc2ccccc2)C[C@H](C)C(=O)O)cs1)C(C)C. The fourth-order valence-electron chi connectivity index (χ4n) is 7.29. The number of amides is 2. The van der Waals surface area contributed by atoms with Crippen molar-refractivity contribution in [3.8, 4) is 0 Å². The van der Waals surface area contributed by atoms with Crippen LogP contribution in [0, 0.1) is 23.7 Å². The van der Waals surface area contributed by atoms with E-state index in [4.69, 9.17) is 9.47 Å². The molecule has 2 amide bonds. The Labute approximate surface area is 325 Å². The van der Waals surface area contributed by atoms with Crippen LogP contribution in [-0.2, 0) is 35.1 Å². The Balaban J connectivity index is 1.89. The summed E-state index contributed by atoms with van der Waals surface area (Å²) in [6, 6.07) is 8.48. The van der Waals surface area contributed by atoms with Crippen LogP contribution in [-0.4, -0.2) is 101 Å². The zero-order valence-corrected chi connectivity index (χ0v) is 34.2. The number of nitrogens with zero attached hydrogens (tertiary/aromatic N) is 3. The number of hydrogen-bond donors (Lipinski definition) is 2. The molecule has 2 aromatic rings. The predicted molar refractivity (Wildman–Crippen MR) is 209 cm³/mol. The standard InChI is InChI=1S/C41H62N4O8S/c1-9-27(4)32(23-36(47)34-17-13-14-18-44(34)7)40(49)45(19-20-52-8)35(26(2)3)24-37(53-29(6)46)39-43-33(25-54-39)38(48)42-31(21-28(5)41(50)51)22-30-15-11-10-12-16-30/h10-12,15-16,25-28,31-32,34-35,37H,9,13-14,17-24H2,1-8H3,(H,42,48)(H,50,51)/t27?,28-,31+,32?,34?,35+,37+/m0/s1. The molecular formula is C41H62N4O8S. The van der Waals surface area contributed by atoms with Gasteiger partial charge in [-0.05, 0) is 56.7 Å². The molecule has 0 radical (unpaired) electrons. The number of Topliss-reactive ketones (excluding diaryl/α,β-unsaturated/α-hetero) is 1. The highest BCUT2D eigenvalue weighted by atomic mass is 32.1. The fourth-order valence-corrected chi connectivity index (χ4v) is 8.13. The minimum atomic E-state index is -0.945. The third-order valence-electron chi connectivity index (χ3n) is 10.7. The minimum Gasteiger partial charge on any atom is -0.481 e. The molecule has 0 saturated carbocycles. The molecule has 54 heavy (non-hydrogen) atoms. The van der Waals surface area contributed by atoms with Gasteiger partial charge < -0.3 is 24.8 Å². The van der Waals surface area contributed by atoms with Gasteiger partial charge in [0.15, 0.2) is 11.9 Å². The average molecular weight is 771 g/mol. The van der Waals surface area contributed by atoms with E-state index in [1.165, 1.54) is 18.3 Å². The summed E-state index contributed by atoms with van der Waals surface area (Å²) in [5.74, 6) is -3.26. The number of methoxy groups -OCH3 is 1. The second-order valence-electron chi connectivity index (χ2n) is 15.2. The quantitative estimate of drug-likeness (QED) is 0.132. The molecule has 0 bridgehead atoms. The zero-order valence-electron chi connectivity index (χ0n) is 33.4. The van der Waals surface area contributed by atoms with E-state index in [0.717, 1.165) is 37.8 Å². The molecule has 1 aromatic carbocycles. The Hall–Kier alpha value is -3.68. The first kappa shape index (κ1) is 44.7. The van der Waals surface area contributed by atoms with Gasteiger partial charge in [-0.25, -0.2) is 4.98 Å². The Morgan fingerprint density at radius 2 is 1.78 bits per heavy atom. The molecule has 1 aliphatic rings. The smallest absolute Gasteiger partial charge is 0.306 e. The van der Waals surface area contributed by atoms with Crippen molar-refractivity contribution in [1.29, 1.82) is 0 Å². The summed E-state index contributed by atoms with van der Waals surface area (Å²) in [7, 11) is 3.56. The first-order valence-corrected chi connectivity index (χ1v) is 20.3. The van der Waals surface area contributed by atoms with E-state index in [1.807, 2.05) is 65.1 Å². The highest BCUT2D eigenvalue weighted by molar-refractivity contribution is 7.09. The van der Waals surface area contributed by atoms with Gasteiger partial charge in [0, 0.05) is 56.8 Å². The maximum atomic E-state index is 14.7. The van der Waals surface area contributed by atoms with Crippen LogP contribution in [0.15, 0.2) is 35.7 Å². The number of likely N-dealkylation sites (tertiary alicyclic amines) is 1. The highest BCUT2D eigenvalue weighted by Crippen LogP contribution is 2.33. The number of carboxylic acids is 1. The van der Waals surface area contributed by atoms with Crippen molar-refractivity contribution in [2.24, 2.45) is 23.7 Å². The molecule has 2 heterocycles. The number of aliphatic carboxylic acids is 1. The van der Waals surface area contributed by atoms with E-state index in [9.17, 15) is 29.1 Å². The molecule has 0 aliphatic carbocycles. The second kappa shape index (κ2) is 22.0. The lowest BCUT2D eigenvalue weighted by molar-refractivity contribution is -0.150. The fraction of sp³-hybridized carbons (Fsp3) is 0.659. The summed E-state index contributed by atoms with van der Waals surface area (Å²) in [5.41, 5.74) is 1.09. The number of benzene rings is 1. The van der Waals surface area contributed by atoms with Gasteiger partial charge in [0.1, 0.15) is 10.7 Å². The van der Waals surface area contributed by atoms with Crippen molar-refractivity contribution in [2.75, 3.05) is 33.9 Å². The Morgan fingerprint density at radius 3 is 2.37 bits per heavy atom. The van der Waals surface area contributed by atoms with Crippen LogP contribution >= 0.6 is 11.3 Å². The molecule has 13 heteroatoms. The number of carbonyl (C=O) groups is 5. The Morgan fingerprint density at radius 1 is 1.07 bits per heavy atom. The van der Waals surface area contributed by atoms with Gasteiger partial charge in [0.2, 0.25) is 5.91 Å². The summed E-state index contributed by atoms with van der Waals surface area (Å²) in [5, 5.41) is 14.6. The topological polar surface area (TPSA) is 155 Å². The number of ketones is 1. The van der Waals surface area contributed by atoms with E-state index in [-0.39, 0.29) is 61.1 Å². The number of nitrogens with one attached hydrogen (secondary N) is 1. The van der Waals surface area contributed by atoms with Gasteiger partial charge in [-0.3, -0.25) is 28.9 Å². The number of ether oxygens (including phenoxy) is 2. The van der Waals surface area contributed by atoms with Gasteiger partial charge in [-0.1, -0.05) is 77.8 Å². The zero-order chi connectivity index (χ0) is 39.9. The summed E-state index contributed by atoms with van der Waals surface area (Å²) in [4.78, 5) is 74.7. The lowest BCUT2D eigenvalue weighted by atomic mass is 9.82. The molecule has 2 N–H and O–H groups in total. The van der Waals surface area contributed by atoms with Crippen LogP contribution in [0.2, 0.25) is 0 Å². The van der Waals surface area contributed by atoms with E-state index in [2.05, 4.69) is 15.2 Å². The van der Waals surface area contributed by atoms with Crippen molar-refractivity contribution in [3.05, 3.63) is 52.0 Å². The predicted octanol–water partition coefficient (Wildman–Crippen LogP) is 6.19. The van der Waals surface area contributed by atoms with Crippen LogP contribution in [0.4, 0.5) is 0 Å². The molecule has 1 fully saturated rings. The van der Waals surface area contributed by atoms with Crippen LogP contribution < -0.4 is 5.32 Å². The van der Waals surface area contributed by atoms with Gasteiger partial charge in [0.25, 0.3) is 5.91 Å². The molecule has 3 unspecified atom stereocenters. The molecular weight excluding hydrogens is 709 g/mol. The molecule has 300 valence electrons. The van der Waals surface area contributed by atoms with Crippen molar-refractivity contribution in [3.63, 3.8) is 0 Å². The molecule has 7 atom stereocenters. The normalized spacial score (nSPS) is 18.2. The highest BCUT2D eigenvalue weighted by Gasteiger charge is 2.39. The third kappa shape index (κ3) is 13.3. The van der Waals surface area contributed by atoms with E-state index < -0.39 is 47.9 Å². The summed E-state index contributed by atoms with van der Waals surface area (Å²) >= 11 is 1.19. The van der Waals surface area contributed by atoms with Crippen LogP contribution in [0.5, 0.6) is 0 Å². The number of likely N-dealkylation sites (N-methyl/N-ethyl adjacent to an activating group) is 1. The average Bonchev–Trinajstić information content (AvgIpc) is 3.63. The molecule has 1 saturated heterocycles. The van der Waals surface area contributed by atoms with Gasteiger partial charge in [-0.15, -0.1) is 11.3 Å². The van der Waals surface area contributed by atoms with Crippen LogP contribution in [0.25, 0.3) is 0 Å². The van der Waals surface area contributed by atoms with Crippen LogP contribution in [0.1, 0.15) is 114 Å². The second-order valence-corrected chi connectivity index (χ2v) is 16.1. The number of piperidine rings is 1. The first-order valence-electron chi connectivity index (χ1n) is 19.4. The number of carboxylic acid groups (broad SMARTS) is 1. The van der Waals surface area contributed by atoms with E-state index >= 15 is 0 Å². The molecule has 1 aliphatic heterocycles. The lowest BCUT2D eigenvalue weighted by Gasteiger charge is -2.39. The third-order valence-corrected chi connectivity index (χ3v) is 11.7. The summed E-state index contributed by atoms with van der Waals surface area (Å²) in [6.07, 6.45) is 3.78. The van der Waals surface area contributed by atoms with E-state index in [1.54, 1.807) is 24.3 Å². The van der Waals surface area contributed by atoms with Crippen molar-refractivity contribution >= 4 is 40.9 Å². The van der Waals surface area contributed by atoms with Gasteiger partial charge in [0.05, 0.1) is 18.6 Å².